The molecule has 1 N–H and O–H groups in total. The third-order valence-electron chi connectivity index (χ3n) is 3.30. The van der Waals surface area contributed by atoms with Crippen LogP contribution in [0.5, 0.6) is 0 Å². The maximum Gasteiger partial charge on any atom is 0.164 e. The fraction of sp³-hybridized carbons (Fsp3) is 0.250. The van der Waals surface area contributed by atoms with Gasteiger partial charge in [-0.05, 0) is 52.7 Å². The summed E-state index contributed by atoms with van der Waals surface area (Å²) in [4.78, 5) is 0. The van der Waals surface area contributed by atoms with Crippen LogP contribution < -0.4 is 5.32 Å². The molecule has 0 bridgehead atoms. The van der Waals surface area contributed by atoms with Crippen LogP contribution >= 0.6 is 27.5 Å². The summed E-state index contributed by atoms with van der Waals surface area (Å²) in [5.74, 6) is -1.63. The van der Waals surface area contributed by atoms with E-state index in [-0.39, 0.29) is 5.56 Å². The Morgan fingerprint density at radius 2 is 1.90 bits per heavy atom. The van der Waals surface area contributed by atoms with E-state index in [2.05, 4.69) is 21.2 Å². The molecule has 112 valence electrons. The molecule has 0 aliphatic carbocycles. The van der Waals surface area contributed by atoms with Crippen molar-refractivity contribution < 1.29 is 8.78 Å². The predicted octanol–water partition coefficient (Wildman–Crippen LogP) is 5.39. The average molecular weight is 375 g/mol. The second-order valence-electron chi connectivity index (χ2n) is 4.76. The monoisotopic (exact) mass is 373 g/mol. The Morgan fingerprint density at radius 3 is 2.52 bits per heavy atom. The summed E-state index contributed by atoms with van der Waals surface area (Å²) < 4.78 is 28.8. The molecule has 0 amide bonds. The van der Waals surface area contributed by atoms with Crippen molar-refractivity contribution in [3.8, 4) is 0 Å². The minimum atomic E-state index is -0.819. The molecule has 0 aliphatic rings. The summed E-state index contributed by atoms with van der Waals surface area (Å²) in [6.45, 7) is 4.07. The van der Waals surface area contributed by atoms with Crippen molar-refractivity contribution in [1.82, 2.24) is 5.32 Å². The molecule has 0 heterocycles. The highest BCUT2D eigenvalue weighted by Crippen LogP contribution is 2.31. The molecule has 0 aliphatic heterocycles. The Balaban J connectivity index is 2.53. The molecular formula is C16H15BrClF2N. The highest BCUT2D eigenvalue weighted by atomic mass is 79.9. The van der Waals surface area contributed by atoms with Gasteiger partial charge in [0.15, 0.2) is 11.6 Å². The SMILES string of the molecule is CCNC(c1ccc(Br)c(Cl)c1)c1ccc(C)c(F)c1F. The molecule has 0 aromatic heterocycles. The first kappa shape index (κ1) is 16.4. The molecule has 0 fully saturated rings. The van der Waals surface area contributed by atoms with Crippen LogP contribution in [0.3, 0.4) is 0 Å². The molecule has 0 spiro atoms. The van der Waals surface area contributed by atoms with Gasteiger partial charge in [0, 0.05) is 10.0 Å². The van der Waals surface area contributed by atoms with E-state index < -0.39 is 17.7 Å². The lowest BCUT2D eigenvalue weighted by atomic mass is 9.97. The van der Waals surface area contributed by atoms with Crippen LogP contribution in [-0.2, 0) is 0 Å². The highest BCUT2D eigenvalue weighted by Gasteiger charge is 2.21. The first-order valence-electron chi connectivity index (χ1n) is 6.58. The van der Waals surface area contributed by atoms with Gasteiger partial charge in [0.05, 0.1) is 11.1 Å². The van der Waals surface area contributed by atoms with E-state index >= 15 is 0 Å². The van der Waals surface area contributed by atoms with Crippen LogP contribution in [0.15, 0.2) is 34.8 Å². The third-order valence-corrected chi connectivity index (χ3v) is 4.53. The lowest BCUT2D eigenvalue weighted by molar-refractivity contribution is 0.478. The van der Waals surface area contributed by atoms with Gasteiger partial charge in [-0.3, -0.25) is 0 Å². The molecule has 5 heteroatoms. The van der Waals surface area contributed by atoms with Gasteiger partial charge < -0.3 is 5.32 Å². The molecule has 0 saturated carbocycles. The van der Waals surface area contributed by atoms with Gasteiger partial charge in [0.1, 0.15) is 0 Å². The Bertz CT molecular complexity index is 661. The standard InChI is InChI=1S/C16H15BrClF2N/c1-3-21-16(10-5-7-12(17)13(18)8-10)11-6-4-9(2)14(19)15(11)20/h4-8,16,21H,3H2,1-2H3. The molecule has 0 saturated heterocycles. The summed E-state index contributed by atoms with van der Waals surface area (Å²) in [7, 11) is 0. The van der Waals surface area contributed by atoms with Crippen molar-refractivity contribution in [1.29, 1.82) is 0 Å². The molecule has 1 nitrogen and oxygen atoms in total. The van der Waals surface area contributed by atoms with Crippen LogP contribution in [0.25, 0.3) is 0 Å². The maximum atomic E-state index is 14.2. The van der Waals surface area contributed by atoms with Crippen LogP contribution in [0, 0.1) is 18.6 Å². The quantitative estimate of drug-likeness (QED) is 0.757. The number of halogens is 4. The van der Waals surface area contributed by atoms with E-state index in [9.17, 15) is 8.78 Å². The number of hydrogen-bond acceptors (Lipinski definition) is 1. The first-order valence-corrected chi connectivity index (χ1v) is 7.75. The third kappa shape index (κ3) is 3.44. The van der Waals surface area contributed by atoms with Crippen LogP contribution in [0.4, 0.5) is 8.78 Å². The molecule has 1 unspecified atom stereocenters. The van der Waals surface area contributed by atoms with Crippen LogP contribution in [-0.4, -0.2) is 6.54 Å². The molecule has 21 heavy (non-hydrogen) atoms. The topological polar surface area (TPSA) is 12.0 Å². The fourth-order valence-corrected chi connectivity index (χ4v) is 2.62. The van der Waals surface area contributed by atoms with E-state index in [0.717, 1.165) is 10.0 Å². The zero-order valence-corrected chi connectivity index (χ0v) is 14.0. The normalized spacial score (nSPS) is 12.5. The summed E-state index contributed by atoms with van der Waals surface area (Å²) in [5.41, 5.74) is 1.35. The Hall–Kier alpha value is -0.970. The zero-order chi connectivity index (χ0) is 15.6. The first-order chi connectivity index (χ1) is 9.95. The molecular weight excluding hydrogens is 360 g/mol. The van der Waals surface area contributed by atoms with Crippen LogP contribution in [0.2, 0.25) is 5.02 Å². The van der Waals surface area contributed by atoms with E-state index in [1.807, 2.05) is 13.0 Å². The molecule has 1 atom stereocenters. The summed E-state index contributed by atoms with van der Waals surface area (Å²) in [5, 5.41) is 3.70. The van der Waals surface area contributed by atoms with Gasteiger partial charge in [-0.25, -0.2) is 8.78 Å². The number of benzene rings is 2. The molecule has 2 aromatic carbocycles. The van der Waals surface area contributed by atoms with Crippen molar-refractivity contribution in [2.24, 2.45) is 0 Å². The van der Waals surface area contributed by atoms with Gasteiger partial charge in [0.25, 0.3) is 0 Å². The summed E-state index contributed by atoms with van der Waals surface area (Å²) in [6, 6.07) is 8.12. The second-order valence-corrected chi connectivity index (χ2v) is 6.03. The zero-order valence-electron chi connectivity index (χ0n) is 11.7. The number of hydrogen-bond donors (Lipinski definition) is 1. The van der Waals surface area contributed by atoms with Crippen LogP contribution in [0.1, 0.15) is 29.7 Å². The lowest BCUT2D eigenvalue weighted by Crippen LogP contribution is -2.23. The van der Waals surface area contributed by atoms with E-state index in [0.29, 0.717) is 17.1 Å². The fourth-order valence-electron chi connectivity index (χ4n) is 2.19. The molecule has 2 rings (SSSR count). The van der Waals surface area contributed by atoms with Gasteiger partial charge in [-0.2, -0.15) is 0 Å². The Morgan fingerprint density at radius 1 is 1.19 bits per heavy atom. The lowest BCUT2D eigenvalue weighted by Gasteiger charge is -2.20. The van der Waals surface area contributed by atoms with Crippen molar-refractivity contribution in [3.05, 3.63) is 68.2 Å². The second kappa shape index (κ2) is 6.86. The molecule has 2 aromatic rings. The maximum absolute atomic E-state index is 14.2. The minimum Gasteiger partial charge on any atom is -0.306 e. The minimum absolute atomic E-state index is 0.276. The van der Waals surface area contributed by atoms with E-state index in [1.54, 1.807) is 31.2 Å². The van der Waals surface area contributed by atoms with Gasteiger partial charge in [0.2, 0.25) is 0 Å². The van der Waals surface area contributed by atoms with E-state index in [1.165, 1.54) is 0 Å². The number of nitrogens with one attached hydrogen (secondary N) is 1. The van der Waals surface area contributed by atoms with Gasteiger partial charge in [-0.15, -0.1) is 0 Å². The Labute approximate surface area is 136 Å². The smallest absolute Gasteiger partial charge is 0.164 e. The number of aryl methyl sites for hydroxylation is 1. The Kier molecular flexibility index (Phi) is 5.36. The van der Waals surface area contributed by atoms with Crippen molar-refractivity contribution >= 4 is 27.5 Å². The average Bonchev–Trinajstić information content (AvgIpc) is 2.46. The van der Waals surface area contributed by atoms with Crippen molar-refractivity contribution in [2.75, 3.05) is 6.54 Å². The molecule has 0 radical (unpaired) electrons. The van der Waals surface area contributed by atoms with Gasteiger partial charge >= 0.3 is 0 Å². The van der Waals surface area contributed by atoms with Gasteiger partial charge in [-0.1, -0.05) is 36.7 Å². The highest BCUT2D eigenvalue weighted by molar-refractivity contribution is 9.10. The van der Waals surface area contributed by atoms with Crippen molar-refractivity contribution in [2.45, 2.75) is 19.9 Å². The summed E-state index contributed by atoms with van der Waals surface area (Å²) >= 11 is 9.42. The number of rotatable bonds is 4. The predicted molar refractivity (Wildman–Crippen MR) is 85.8 cm³/mol. The van der Waals surface area contributed by atoms with Crippen molar-refractivity contribution in [3.63, 3.8) is 0 Å². The largest absolute Gasteiger partial charge is 0.306 e. The van der Waals surface area contributed by atoms with E-state index in [4.69, 9.17) is 11.6 Å². The summed E-state index contributed by atoms with van der Waals surface area (Å²) in [6.07, 6.45) is 0.